The van der Waals surface area contributed by atoms with Gasteiger partial charge in [0, 0.05) is 26.9 Å². The highest BCUT2D eigenvalue weighted by Gasteiger charge is 2.23. The third-order valence-corrected chi connectivity index (χ3v) is 8.49. The molecule has 0 saturated heterocycles. The van der Waals surface area contributed by atoms with Gasteiger partial charge in [-0.2, -0.15) is 0 Å². The van der Waals surface area contributed by atoms with Crippen LogP contribution >= 0.6 is 0 Å². The molecule has 0 aliphatic carbocycles. The molecule has 6 aromatic carbocycles. The Bertz CT molecular complexity index is 2660. The summed E-state index contributed by atoms with van der Waals surface area (Å²) in [7, 11) is 0. The quantitative estimate of drug-likeness (QED) is 0.221. The minimum absolute atomic E-state index is 0.865. The Morgan fingerprint density at radius 3 is 2.12 bits per heavy atom. The molecule has 0 aliphatic heterocycles. The fourth-order valence-electron chi connectivity index (χ4n) is 6.66. The van der Waals surface area contributed by atoms with Gasteiger partial charge in [0.1, 0.15) is 11.1 Å². The summed E-state index contributed by atoms with van der Waals surface area (Å²) < 4.78 is 9.01. The van der Waals surface area contributed by atoms with Crippen molar-refractivity contribution in [1.82, 2.24) is 14.4 Å². The predicted octanol–water partition coefficient (Wildman–Crippen LogP) is 9.50. The number of para-hydroxylation sites is 3. The lowest BCUT2D eigenvalue weighted by Gasteiger charge is -2.04. The molecular formula is C36H19N3O. The minimum atomic E-state index is 0.865. The maximum absolute atomic E-state index is 6.74. The third kappa shape index (κ3) is 2.51. The largest absolute Gasteiger partial charge is 0.454 e. The third-order valence-electron chi connectivity index (χ3n) is 8.49. The molecule has 4 heteroatoms. The number of benzene rings is 6. The first kappa shape index (κ1) is 20.5. The number of nitrogens with zero attached hydrogens (tertiary/aromatic N) is 3. The molecule has 0 aliphatic rings. The van der Waals surface area contributed by atoms with Gasteiger partial charge in [-0.25, -0.2) is 9.97 Å². The summed E-state index contributed by atoms with van der Waals surface area (Å²) in [5, 5.41) is 8.17. The molecule has 4 aromatic heterocycles. The average molecular weight is 510 g/mol. The van der Waals surface area contributed by atoms with Gasteiger partial charge in [0.15, 0.2) is 11.2 Å². The van der Waals surface area contributed by atoms with E-state index in [0.717, 1.165) is 66.1 Å². The van der Waals surface area contributed by atoms with Gasteiger partial charge in [-0.3, -0.25) is 4.40 Å². The lowest BCUT2D eigenvalue weighted by atomic mass is 10.00. The van der Waals surface area contributed by atoms with Crippen molar-refractivity contribution in [2.45, 2.75) is 0 Å². The Hall–Kier alpha value is -5.48. The van der Waals surface area contributed by atoms with Crippen molar-refractivity contribution >= 4 is 82.1 Å². The van der Waals surface area contributed by atoms with Gasteiger partial charge >= 0.3 is 0 Å². The van der Waals surface area contributed by atoms with Crippen LogP contribution in [0, 0.1) is 0 Å². The molecule has 10 aromatic rings. The van der Waals surface area contributed by atoms with Gasteiger partial charge in [0.2, 0.25) is 0 Å². The normalized spacial score (nSPS) is 12.5. The first-order valence-corrected chi connectivity index (χ1v) is 13.5. The molecule has 4 heterocycles. The summed E-state index contributed by atoms with van der Waals surface area (Å²) in [5.41, 5.74) is 9.87. The van der Waals surface area contributed by atoms with Crippen LogP contribution < -0.4 is 0 Å². The second-order valence-corrected chi connectivity index (χ2v) is 10.6. The fourth-order valence-corrected chi connectivity index (χ4v) is 6.66. The van der Waals surface area contributed by atoms with Crippen molar-refractivity contribution in [3.8, 4) is 11.1 Å². The lowest BCUT2D eigenvalue weighted by molar-refractivity contribution is 0.671. The first-order valence-electron chi connectivity index (χ1n) is 13.5. The van der Waals surface area contributed by atoms with Gasteiger partial charge in [0.05, 0.1) is 22.1 Å². The summed E-state index contributed by atoms with van der Waals surface area (Å²) in [4.78, 5) is 10.2. The second kappa shape index (κ2) is 7.13. The molecule has 0 atom stereocenters. The van der Waals surface area contributed by atoms with E-state index in [1.807, 2.05) is 24.3 Å². The number of fused-ring (bicyclic) bond motifs is 12. The maximum atomic E-state index is 6.74. The van der Waals surface area contributed by atoms with E-state index in [0.29, 0.717) is 0 Å². The number of rotatable bonds is 1. The molecule has 10 rings (SSSR count). The molecular weight excluding hydrogens is 490 g/mol. The summed E-state index contributed by atoms with van der Waals surface area (Å²) in [5.74, 6) is 0. The van der Waals surface area contributed by atoms with Crippen LogP contribution in [-0.2, 0) is 0 Å². The fraction of sp³-hybridized carbons (Fsp3) is 0. The van der Waals surface area contributed by atoms with E-state index in [1.165, 1.54) is 27.1 Å². The Morgan fingerprint density at radius 1 is 0.500 bits per heavy atom. The summed E-state index contributed by atoms with van der Waals surface area (Å²) >= 11 is 0. The lowest BCUT2D eigenvalue weighted by Crippen LogP contribution is -1.89. The van der Waals surface area contributed by atoms with Crippen LogP contribution in [0.25, 0.3) is 93.2 Å². The number of hydrogen-bond donors (Lipinski definition) is 0. The highest BCUT2D eigenvalue weighted by Crippen LogP contribution is 2.43. The van der Waals surface area contributed by atoms with E-state index in [4.69, 9.17) is 14.4 Å². The molecule has 0 spiro atoms. The van der Waals surface area contributed by atoms with Crippen molar-refractivity contribution in [2.24, 2.45) is 0 Å². The Morgan fingerprint density at radius 2 is 1.20 bits per heavy atom. The smallest absolute Gasteiger partial charge is 0.165 e. The molecule has 4 nitrogen and oxygen atoms in total. The molecule has 0 bridgehead atoms. The van der Waals surface area contributed by atoms with Crippen LogP contribution in [0.2, 0.25) is 0 Å². The van der Waals surface area contributed by atoms with Crippen LogP contribution in [0.5, 0.6) is 0 Å². The monoisotopic (exact) mass is 509 g/mol. The SMILES string of the molecule is c1ccc2cc(-c3ccc4c(c3)oc3c4ccc4c5cccc6c7nc8ccccc8nc7n(c56)c43)ccc2c1. The number of hydrogen-bond acceptors (Lipinski definition) is 3. The van der Waals surface area contributed by atoms with Crippen LogP contribution in [0.1, 0.15) is 0 Å². The Kier molecular flexibility index (Phi) is 3.65. The van der Waals surface area contributed by atoms with Crippen molar-refractivity contribution in [3.63, 3.8) is 0 Å². The average Bonchev–Trinajstić information content (AvgIpc) is 3.66. The number of furan rings is 1. The van der Waals surface area contributed by atoms with E-state index in [2.05, 4.69) is 95.4 Å². The molecule has 0 unspecified atom stereocenters. The zero-order valence-electron chi connectivity index (χ0n) is 21.2. The van der Waals surface area contributed by atoms with Crippen LogP contribution in [-0.4, -0.2) is 14.4 Å². The molecule has 40 heavy (non-hydrogen) atoms. The molecule has 0 radical (unpaired) electrons. The summed E-state index contributed by atoms with van der Waals surface area (Å²) in [6.45, 7) is 0. The topological polar surface area (TPSA) is 43.3 Å². The van der Waals surface area contributed by atoms with Crippen LogP contribution in [0.3, 0.4) is 0 Å². The molecule has 0 saturated carbocycles. The Balaban J connectivity index is 1.31. The standard InChI is InChI=1S/C36H19N3O/c1-2-7-21-18-22(13-12-20(21)6-1)23-14-15-24-27-17-16-26-25-8-5-9-28-32-36(38-30-11-4-3-10-29(30)37-32)39(33(25)28)34(26)35(27)40-31(24)19-23/h1-19H. The van der Waals surface area contributed by atoms with Crippen molar-refractivity contribution in [1.29, 1.82) is 0 Å². The van der Waals surface area contributed by atoms with E-state index in [1.54, 1.807) is 0 Å². The second-order valence-electron chi connectivity index (χ2n) is 10.6. The van der Waals surface area contributed by atoms with E-state index >= 15 is 0 Å². The molecule has 184 valence electrons. The maximum Gasteiger partial charge on any atom is 0.165 e. The molecule has 0 amide bonds. The van der Waals surface area contributed by atoms with Gasteiger partial charge in [0.25, 0.3) is 0 Å². The van der Waals surface area contributed by atoms with Crippen molar-refractivity contribution in [2.75, 3.05) is 0 Å². The predicted molar refractivity (Wildman–Crippen MR) is 164 cm³/mol. The molecule has 0 N–H and O–H groups in total. The van der Waals surface area contributed by atoms with Crippen molar-refractivity contribution < 1.29 is 4.42 Å². The highest BCUT2D eigenvalue weighted by atomic mass is 16.3. The van der Waals surface area contributed by atoms with Gasteiger partial charge < -0.3 is 4.42 Å². The van der Waals surface area contributed by atoms with Gasteiger partial charge in [-0.05, 0) is 58.3 Å². The Labute approximate surface area is 227 Å². The summed E-state index contributed by atoms with van der Waals surface area (Å²) in [6.07, 6.45) is 0. The van der Waals surface area contributed by atoms with Gasteiger partial charge in [-0.1, -0.05) is 78.9 Å². The summed E-state index contributed by atoms with van der Waals surface area (Å²) in [6, 6.07) is 40.6. The number of aromatic nitrogens is 3. The van der Waals surface area contributed by atoms with Crippen LogP contribution in [0.4, 0.5) is 0 Å². The minimum Gasteiger partial charge on any atom is -0.454 e. The van der Waals surface area contributed by atoms with E-state index < -0.39 is 0 Å². The van der Waals surface area contributed by atoms with Crippen LogP contribution in [0.15, 0.2) is 120 Å². The zero-order valence-corrected chi connectivity index (χ0v) is 21.2. The van der Waals surface area contributed by atoms with Gasteiger partial charge in [-0.15, -0.1) is 0 Å². The first-order chi connectivity index (χ1) is 19.8. The van der Waals surface area contributed by atoms with Crippen molar-refractivity contribution in [3.05, 3.63) is 115 Å². The zero-order chi connectivity index (χ0) is 25.9. The van der Waals surface area contributed by atoms with E-state index in [-0.39, 0.29) is 0 Å². The highest BCUT2D eigenvalue weighted by molar-refractivity contribution is 6.27. The van der Waals surface area contributed by atoms with E-state index in [9.17, 15) is 0 Å². The molecule has 0 fully saturated rings.